The highest BCUT2D eigenvalue weighted by atomic mass is 79.9. The van der Waals surface area contributed by atoms with E-state index in [4.69, 9.17) is 4.74 Å². The molecule has 1 N–H and O–H groups in total. The second kappa shape index (κ2) is 6.67. The standard InChI is InChI=1S/C19H20BrN3O4/c1-3-8-23-16-15(17(24)22(2)19(23)26)13(10-4-6-11(20)7-5-10)14-12(21-16)9-27-18(14)25/h4-7,13,15-16,21H,3,8-9H2,1-2H3. The van der Waals surface area contributed by atoms with Crippen molar-refractivity contribution >= 4 is 33.8 Å². The summed E-state index contributed by atoms with van der Waals surface area (Å²) in [6.07, 6.45) is 0.270. The molecule has 3 unspecified atom stereocenters. The molecule has 3 amide bonds. The first-order valence-corrected chi connectivity index (χ1v) is 9.73. The van der Waals surface area contributed by atoms with E-state index >= 15 is 0 Å². The summed E-state index contributed by atoms with van der Waals surface area (Å²) < 4.78 is 6.16. The van der Waals surface area contributed by atoms with Crippen molar-refractivity contribution in [2.75, 3.05) is 20.2 Å². The van der Waals surface area contributed by atoms with E-state index in [1.54, 1.807) is 4.90 Å². The molecule has 3 aliphatic heterocycles. The molecule has 3 aliphatic rings. The first-order valence-electron chi connectivity index (χ1n) is 8.94. The van der Waals surface area contributed by atoms with Gasteiger partial charge in [0.25, 0.3) is 0 Å². The van der Waals surface area contributed by atoms with Crippen LogP contribution in [0.1, 0.15) is 24.8 Å². The van der Waals surface area contributed by atoms with E-state index in [1.807, 2.05) is 31.2 Å². The van der Waals surface area contributed by atoms with Crippen molar-refractivity contribution in [1.82, 2.24) is 15.1 Å². The molecule has 0 radical (unpaired) electrons. The van der Waals surface area contributed by atoms with Crippen LogP contribution < -0.4 is 5.32 Å². The van der Waals surface area contributed by atoms with Crippen LogP contribution in [0.15, 0.2) is 40.0 Å². The van der Waals surface area contributed by atoms with Crippen molar-refractivity contribution in [3.63, 3.8) is 0 Å². The van der Waals surface area contributed by atoms with E-state index in [9.17, 15) is 14.4 Å². The maximum atomic E-state index is 13.1. The van der Waals surface area contributed by atoms with Gasteiger partial charge in [0.2, 0.25) is 5.91 Å². The second-order valence-electron chi connectivity index (χ2n) is 6.99. The number of benzene rings is 1. The molecular formula is C19H20BrN3O4. The maximum absolute atomic E-state index is 13.1. The fraction of sp³-hybridized carbons (Fsp3) is 0.421. The third-order valence-electron chi connectivity index (χ3n) is 5.40. The Morgan fingerprint density at radius 2 is 1.93 bits per heavy atom. The minimum absolute atomic E-state index is 0.141. The molecule has 0 saturated carbocycles. The molecule has 3 atom stereocenters. The average Bonchev–Trinajstić information content (AvgIpc) is 3.03. The average molecular weight is 434 g/mol. The number of esters is 1. The lowest BCUT2D eigenvalue weighted by molar-refractivity contribution is -0.140. The van der Waals surface area contributed by atoms with Gasteiger partial charge in [-0.2, -0.15) is 0 Å². The van der Waals surface area contributed by atoms with Crippen LogP contribution in [0.5, 0.6) is 0 Å². The van der Waals surface area contributed by atoms with Crippen LogP contribution in [0.4, 0.5) is 4.79 Å². The number of cyclic esters (lactones) is 1. The number of rotatable bonds is 3. The van der Waals surface area contributed by atoms with Crippen molar-refractivity contribution in [3.05, 3.63) is 45.6 Å². The number of carbonyl (C=O) groups is 3. The monoisotopic (exact) mass is 433 g/mol. The molecule has 0 spiro atoms. The van der Waals surface area contributed by atoms with Crippen molar-refractivity contribution < 1.29 is 19.1 Å². The largest absolute Gasteiger partial charge is 0.456 e. The zero-order valence-corrected chi connectivity index (χ0v) is 16.7. The summed E-state index contributed by atoms with van der Waals surface area (Å²) in [7, 11) is 1.50. The van der Waals surface area contributed by atoms with Crippen molar-refractivity contribution in [2.24, 2.45) is 5.92 Å². The third kappa shape index (κ3) is 2.74. The Hall–Kier alpha value is -2.35. The van der Waals surface area contributed by atoms with Crippen LogP contribution >= 0.6 is 15.9 Å². The second-order valence-corrected chi connectivity index (χ2v) is 7.90. The summed E-state index contributed by atoms with van der Waals surface area (Å²) in [6, 6.07) is 7.26. The van der Waals surface area contributed by atoms with E-state index in [1.165, 1.54) is 7.05 Å². The highest BCUT2D eigenvalue weighted by molar-refractivity contribution is 9.10. The molecule has 0 bridgehead atoms. The van der Waals surface area contributed by atoms with Gasteiger partial charge < -0.3 is 15.0 Å². The van der Waals surface area contributed by atoms with Gasteiger partial charge in [-0.25, -0.2) is 9.59 Å². The molecule has 0 aromatic heterocycles. The fourth-order valence-corrected chi connectivity index (χ4v) is 4.44. The number of fused-ring (bicyclic) bond motifs is 1. The lowest BCUT2D eigenvalue weighted by Crippen LogP contribution is -2.67. The van der Waals surface area contributed by atoms with Gasteiger partial charge in [-0.05, 0) is 24.1 Å². The van der Waals surface area contributed by atoms with Gasteiger partial charge in [-0.1, -0.05) is 35.0 Å². The molecule has 1 aromatic rings. The lowest BCUT2D eigenvalue weighted by Gasteiger charge is -2.49. The molecule has 142 valence electrons. The zero-order valence-electron chi connectivity index (χ0n) is 15.1. The number of nitrogens with one attached hydrogen (secondary N) is 1. The number of amides is 3. The van der Waals surface area contributed by atoms with Gasteiger partial charge in [-0.15, -0.1) is 0 Å². The topological polar surface area (TPSA) is 79.0 Å². The molecule has 1 aromatic carbocycles. The summed E-state index contributed by atoms with van der Waals surface area (Å²) in [5, 5.41) is 3.26. The summed E-state index contributed by atoms with van der Waals surface area (Å²) in [5.41, 5.74) is 2.01. The van der Waals surface area contributed by atoms with Crippen LogP contribution in [0.2, 0.25) is 0 Å². The normalized spacial score (nSPS) is 27.4. The van der Waals surface area contributed by atoms with Gasteiger partial charge >= 0.3 is 12.0 Å². The van der Waals surface area contributed by atoms with E-state index in [0.29, 0.717) is 17.8 Å². The van der Waals surface area contributed by atoms with Gasteiger partial charge in [0.05, 0.1) is 17.2 Å². The Kier molecular flexibility index (Phi) is 4.46. The van der Waals surface area contributed by atoms with E-state index in [0.717, 1.165) is 21.4 Å². The fourth-order valence-electron chi connectivity index (χ4n) is 4.18. The lowest BCUT2D eigenvalue weighted by atomic mass is 9.74. The van der Waals surface area contributed by atoms with Crippen molar-refractivity contribution in [3.8, 4) is 0 Å². The van der Waals surface area contributed by atoms with Gasteiger partial charge in [0.1, 0.15) is 12.8 Å². The minimum Gasteiger partial charge on any atom is -0.456 e. The first kappa shape index (κ1) is 18.0. The number of nitrogens with zero attached hydrogens (tertiary/aromatic N) is 2. The van der Waals surface area contributed by atoms with Crippen LogP contribution in [0.3, 0.4) is 0 Å². The summed E-state index contributed by atoms with van der Waals surface area (Å²) in [4.78, 5) is 41.1. The summed E-state index contributed by atoms with van der Waals surface area (Å²) in [5.74, 6) is -1.75. The predicted octanol–water partition coefficient (Wildman–Crippen LogP) is 2.19. The minimum atomic E-state index is -0.593. The van der Waals surface area contributed by atoms with E-state index < -0.39 is 24.0 Å². The SMILES string of the molecule is CCCN1C(=O)N(C)C(=O)C2C(c3ccc(Br)cc3)C3=C(COC3=O)NC21. The molecule has 3 heterocycles. The number of imide groups is 1. The van der Waals surface area contributed by atoms with Gasteiger partial charge in [0.15, 0.2) is 0 Å². The molecular weight excluding hydrogens is 414 g/mol. The number of ether oxygens (including phenoxy) is 1. The number of hydrogen-bond acceptors (Lipinski definition) is 5. The Labute approximate surface area is 165 Å². The zero-order chi connectivity index (χ0) is 19.3. The predicted molar refractivity (Wildman–Crippen MR) is 100 cm³/mol. The highest BCUT2D eigenvalue weighted by Crippen LogP contribution is 2.45. The van der Waals surface area contributed by atoms with Crippen LogP contribution in [-0.2, 0) is 14.3 Å². The third-order valence-corrected chi connectivity index (χ3v) is 5.93. The Morgan fingerprint density at radius 1 is 1.22 bits per heavy atom. The smallest absolute Gasteiger partial charge is 0.336 e. The van der Waals surface area contributed by atoms with Crippen molar-refractivity contribution in [2.45, 2.75) is 25.4 Å². The molecule has 8 heteroatoms. The molecule has 0 aliphatic carbocycles. The Morgan fingerprint density at radius 3 is 2.59 bits per heavy atom. The van der Waals surface area contributed by atoms with Gasteiger partial charge in [0, 0.05) is 24.0 Å². The van der Waals surface area contributed by atoms with E-state index in [-0.39, 0.29) is 18.5 Å². The first-order chi connectivity index (χ1) is 12.9. The molecule has 27 heavy (non-hydrogen) atoms. The highest BCUT2D eigenvalue weighted by Gasteiger charge is 2.55. The Bertz CT molecular complexity index is 851. The van der Waals surface area contributed by atoms with Crippen LogP contribution in [-0.4, -0.2) is 54.1 Å². The Balaban J connectivity index is 1.87. The van der Waals surface area contributed by atoms with Crippen LogP contribution in [0, 0.1) is 5.92 Å². The molecule has 1 saturated heterocycles. The summed E-state index contributed by atoms with van der Waals surface area (Å²) >= 11 is 3.42. The molecule has 1 fully saturated rings. The number of carbonyl (C=O) groups excluding carboxylic acids is 3. The number of halogens is 1. The van der Waals surface area contributed by atoms with Crippen molar-refractivity contribution in [1.29, 1.82) is 0 Å². The van der Waals surface area contributed by atoms with Crippen LogP contribution in [0.25, 0.3) is 0 Å². The quantitative estimate of drug-likeness (QED) is 0.739. The maximum Gasteiger partial charge on any atom is 0.336 e. The molecule has 4 rings (SSSR count). The van der Waals surface area contributed by atoms with E-state index in [2.05, 4.69) is 21.2 Å². The van der Waals surface area contributed by atoms with Gasteiger partial charge in [-0.3, -0.25) is 9.69 Å². The molecule has 7 nitrogen and oxygen atoms in total. The number of hydrogen-bond donors (Lipinski definition) is 1. The number of urea groups is 1. The summed E-state index contributed by atoms with van der Waals surface area (Å²) in [6.45, 7) is 2.65.